The first-order chi connectivity index (χ1) is 12.8. The molecule has 0 spiro atoms. The van der Waals surface area contributed by atoms with Gasteiger partial charge < -0.3 is 9.47 Å². The molecule has 0 aromatic carbocycles. The van der Waals surface area contributed by atoms with E-state index in [4.69, 9.17) is 9.47 Å². The van der Waals surface area contributed by atoms with Gasteiger partial charge >= 0.3 is 0 Å². The fourth-order valence-corrected chi connectivity index (χ4v) is 5.49. The van der Waals surface area contributed by atoms with E-state index in [2.05, 4.69) is 19.1 Å². The van der Waals surface area contributed by atoms with Crippen molar-refractivity contribution in [1.29, 1.82) is 0 Å². The summed E-state index contributed by atoms with van der Waals surface area (Å²) in [6.45, 7) is 4.05. The maximum absolute atomic E-state index is 5.63. The molecule has 2 heteroatoms. The SMILES string of the molecule is CCCCCC1CCC(C2CCC(/C=C/CC3OCCCO3)CC2)CC1. The molecule has 150 valence electrons. The van der Waals surface area contributed by atoms with Crippen LogP contribution >= 0.6 is 0 Å². The van der Waals surface area contributed by atoms with E-state index in [9.17, 15) is 0 Å². The Bertz CT molecular complexity index is 383. The average molecular weight is 363 g/mol. The van der Waals surface area contributed by atoms with Crippen molar-refractivity contribution in [2.45, 2.75) is 103 Å². The predicted octanol–water partition coefficient (Wildman–Crippen LogP) is 6.89. The van der Waals surface area contributed by atoms with Gasteiger partial charge in [-0.1, -0.05) is 57.6 Å². The molecule has 0 atom stereocenters. The molecule has 26 heavy (non-hydrogen) atoms. The molecule has 2 saturated carbocycles. The van der Waals surface area contributed by atoms with Crippen molar-refractivity contribution in [3.63, 3.8) is 0 Å². The monoisotopic (exact) mass is 362 g/mol. The van der Waals surface area contributed by atoms with Crippen molar-refractivity contribution in [2.24, 2.45) is 23.7 Å². The van der Waals surface area contributed by atoms with Gasteiger partial charge in [-0.2, -0.15) is 0 Å². The van der Waals surface area contributed by atoms with Crippen LogP contribution in [0.25, 0.3) is 0 Å². The summed E-state index contributed by atoms with van der Waals surface area (Å²) in [5.74, 6) is 3.94. The van der Waals surface area contributed by atoms with Crippen LogP contribution in [0, 0.1) is 23.7 Å². The van der Waals surface area contributed by atoms with Crippen LogP contribution in [0.15, 0.2) is 12.2 Å². The summed E-state index contributed by atoms with van der Waals surface area (Å²) in [4.78, 5) is 0. The Morgan fingerprint density at radius 2 is 1.46 bits per heavy atom. The molecule has 1 saturated heterocycles. The highest BCUT2D eigenvalue weighted by Gasteiger charge is 2.30. The van der Waals surface area contributed by atoms with Gasteiger partial charge in [-0.3, -0.25) is 0 Å². The second-order valence-electron chi connectivity index (χ2n) is 9.14. The van der Waals surface area contributed by atoms with Gasteiger partial charge in [0.25, 0.3) is 0 Å². The highest BCUT2D eigenvalue weighted by Crippen LogP contribution is 2.42. The average Bonchev–Trinajstić information content (AvgIpc) is 2.70. The molecule has 0 aromatic rings. The molecule has 2 aliphatic carbocycles. The maximum atomic E-state index is 5.63. The van der Waals surface area contributed by atoms with Gasteiger partial charge in [0.1, 0.15) is 0 Å². The van der Waals surface area contributed by atoms with Crippen LogP contribution in [-0.2, 0) is 9.47 Å². The normalized spacial score (nSPS) is 34.3. The van der Waals surface area contributed by atoms with Crippen molar-refractivity contribution >= 4 is 0 Å². The van der Waals surface area contributed by atoms with Crippen molar-refractivity contribution in [3.05, 3.63) is 12.2 Å². The molecular formula is C24H42O2. The lowest BCUT2D eigenvalue weighted by Gasteiger charge is -2.37. The minimum atomic E-state index is 0.0175. The number of rotatable bonds is 8. The molecule has 1 aliphatic heterocycles. The summed E-state index contributed by atoms with van der Waals surface area (Å²) >= 11 is 0. The van der Waals surface area contributed by atoms with E-state index in [0.717, 1.165) is 49.7 Å². The minimum absolute atomic E-state index is 0.0175. The van der Waals surface area contributed by atoms with E-state index >= 15 is 0 Å². The molecular weight excluding hydrogens is 320 g/mol. The standard InChI is InChI=1S/C24H42O2/c1-2-3-4-7-20-10-14-22(15-11-20)23-16-12-21(13-17-23)8-5-9-24-25-18-6-19-26-24/h5,8,20-24H,2-4,6-7,9-19H2,1H3/b8-5+. The first kappa shape index (κ1) is 20.4. The van der Waals surface area contributed by atoms with E-state index in [1.54, 1.807) is 0 Å². The summed E-state index contributed by atoms with van der Waals surface area (Å²) < 4.78 is 11.3. The number of allylic oxidation sites excluding steroid dienone is 1. The quantitative estimate of drug-likeness (QED) is 0.346. The van der Waals surface area contributed by atoms with E-state index in [1.165, 1.54) is 77.0 Å². The zero-order chi connectivity index (χ0) is 18.0. The highest BCUT2D eigenvalue weighted by atomic mass is 16.7. The number of hydrogen-bond acceptors (Lipinski definition) is 2. The van der Waals surface area contributed by atoms with Crippen LogP contribution in [0.4, 0.5) is 0 Å². The lowest BCUT2D eigenvalue weighted by molar-refractivity contribution is -0.175. The van der Waals surface area contributed by atoms with Crippen LogP contribution in [0.1, 0.15) is 96.8 Å². The van der Waals surface area contributed by atoms with Gasteiger partial charge in [0.2, 0.25) is 0 Å². The third-order valence-corrected chi connectivity index (χ3v) is 7.22. The molecule has 3 rings (SSSR count). The van der Waals surface area contributed by atoms with Gasteiger partial charge in [0, 0.05) is 6.42 Å². The van der Waals surface area contributed by atoms with Crippen molar-refractivity contribution in [1.82, 2.24) is 0 Å². The third-order valence-electron chi connectivity index (χ3n) is 7.22. The Kier molecular flexibility index (Phi) is 9.01. The number of hydrogen-bond donors (Lipinski definition) is 0. The molecule has 0 aromatic heterocycles. The van der Waals surface area contributed by atoms with E-state index in [0.29, 0.717) is 0 Å². The van der Waals surface area contributed by atoms with Crippen LogP contribution in [0.2, 0.25) is 0 Å². The van der Waals surface area contributed by atoms with Crippen molar-refractivity contribution in [3.8, 4) is 0 Å². The number of unbranched alkanes of at least 4 members (excludes halogenated alkanes) is 2. The third kappa shape index (κ3) is 6.68. The lowest BCUT2D eigenvalue weighted by atomic mass is 9.68. The van der Waals surface area contributed by atoms with Gasteiger partial charge in [-0.05, 0) is 68.6 Å². The Morgan fingerprint density at radius 3 is 2.12 bits per heavy atom. The minimum Gasteiger partial charge on any atom is -0.352 e. The van der Waals surface area contributed by atoms with E-state index in [1.807, 2.05) is 0 Å². The molecule has 3 fully saturated rings. The topological polar surface area (TPSA) is 18.5 Å². The molecule has 0 bridgehead atoms. The zero-order valence-electron chi connectivity index (χ0n) is 17.2. The molecule has 0 N–H and O–H groups in total. The van der Waals surface area contributed by atoms with Crippen LogP contribution in [0.5, 0.6) is 0 Å². The van der Waals surface area contributed by atoms with Gasteiger partial charge in [-0.25, -0.2) is 0 Å². The van der Waals surface area contributed by atoms with Gasteiger partial charge in [0.15, 0.2) is 6.29 Å². The van der Waals surface area contributed by atoms with Crippen LogP contribution in [0.3, 0.4) is 0 Å². The second-order valence-corrected chi connectivity index (χ2v) is 9.14. The Morgan fingerprint density at radius 1 is 0.808 bits per heavy atom. The number of ether oxygens (including phenoxy) is 2. The van der Waals surface area contributed by atoms with E-state index in [-0.39, 0.29) is 6.29 Å². The summed E-state index contributed by atoms with van der Waals surface area (Å²) in [7, 11) is 0. The first-order valence-electron chi connectivity index (χ1n) is 11.7. The first-order valence-corrected chi connectivity index (χ1v) is 11.7. The fourth-order valence-electron chi connectivity index (χ4n) is 5.49. The Labute approximate surface area is 162 Å². The van der Waals surface area contributed by atoms with Crippen molar-refractivity contribution < 1.29 is 9.47 Å². The Hall–Kier alpha value is -0.340. The zero-order valence-corrected chi connectivity index (χ0v) is 17.2. The summed E-state index contributed by atoms with van der Waals surface area (Å²) in [5.41, 5.74) is 0. The van der Waals surface area contributed by atoms with Crippen LogP contribution in [-0.4, -0.2) is 19.5 Å². The smallest absolute Gasteiger partial charge is 0.160 e. The maximum Gasteiger partial charge on any atom is 0.160 e. The fraction of sp³-hybridized carbons (Fsp3) is 0.917. The lowest BCUT2D eigenvalue weighted by Crippen LogP contribution is -2.25. The predicted molar refractivity (Wildman–Crippen MR) is 109 cm³/mol. The second kappa shape index (κ2) is 11.5. The van der Waals surface area contributed by atoms with Crippen LogP contribution < -0.4 is 0 Å². The van der Waals surface area contributed by atoms with E-state index < -0.39 is 0 Å². The highest BCUT2D eigenvalue weighted by molar-refractivity contribution is 4.93. The largest absolute Gasteiger partial charge is 0.352 e. The molecule has 0 amide bonds. The van der Waals surface area contributed by atoms with Crippen molar-refractivity contribution in [2.75, 3.05) is 13.2 Å². The van der Waals surface area contributed by atoms with Gasteiger partial charge in [-0.15, -0.1) is 0 Å². The van der Waals surface area contributed by atoms with Gasteiger partial charge in [0.05, 0.1) is 13.2 Å². The molecule has 1 heterocycles. The molecule has 3 aliphatic rings. The molecule has 0 unspecified atom stereocenters. The molecule has 0 radical (unpaired) electrons. The summed E-state index contributed by atoms with van der Waals surface area (Å²) in [5, 5.41) is 0. The molecule has 2 nitrogen and oxygen atoms in total. The summed E-state index contributed by atoms with van der Waals surface area (Å²) in [6.07, 6.45) is 24.4. The summed E-state index contributed by atoms with van der Waals surface area (Å²) in [6, 6.07) is 0. The Balaban J connectivity index is 1.29.